The van der Waals surface area contributed by atoms with Crippen LogP contribution in [0.1, 0.15) is 212 Å². The highest BCUT2D eigenvalue weighted by Gasteiger charge is 2.25. The van der Waals surface area contributed by atoms with Gasteiger partial charge in [-0.2, -0.15) is 0 Å². The molecule has 45 heavy (non-hydrogen) atoms. The number of hydrogen-bond acceptors (Lipinski definition) is 2. The molecule has 0 saturated carbocycles. The van der Waals surface area contributed by atoms with E-state index in [-0.39, 0.29) is 0 Å². The first kappa shape index (κ1) is 39.7. The van der Waals surface area contributed by atoms with Crippen molar-refractivity contribution in [2.75, 3.05) is 6.54 Å². The van der Waals surface area contributed by atoms with Gasteiger partial charge in [0, 0.05) is 25.5 Å². The van der Waals surface area contributed by atoms with Crippen molar-refractivity contribution < 1.29 is 0 Å². The monoisotopic (exact) mass is 623 g/mol. The summed E-state index contributed by atoms with van der Waals surface area (Å²) in [5, 5.41) is 0. The Kier molecular flexibility index (Phi) is 26.4. The number of rotatable bonds is 33. The van der Waals surface area contributed by atoms with Crippen LogP contribution in [0.25, 0.3) is 0 Å². The van der Waals surface area contributed by atoms with Crippen molar-refractivity contribution in [3.05, 3.63) is 48.3 Å². The second kappa shape index (κ2) is 29.9. The van der Waals surface area contributed by atoms with Crippen LogP contribution >= 0.6 is 0 Å². The molecule has 1 aliphatic heterocycles. The van der Waals surface area contributed by atoms with Crippen LogP contribution in [-0.2, 0) is 6.54 Å². The van der Waals surface area contributed by atoms with Gasteiger partial charge in [-0.15, -0.1) is 0 Å². The van der Waals surface area contributed by atoms with E-state index in [4.69, 9.17) is 0 Å². The molecule has 260 valence electrons. The minimum Gasteiger partial charge on any atom is -0.356 e. The average molecular weight is 623 g/mol. The molecule has 2 heteroatoms. The van der Waals surface area contributed by atoms with Crippen LogP contribution in [0.15, 0.2) is 42.7 Å². The Labute approximate surface area is 283 Å². The normalized spacial score (nSPS) is 14.7. The van der Waals surface area contributed by atoms with Crippen molar-refractivity contribution in [1.29, 1.82) is 0 Å². The third kappa shape index (κ3) is 21.9. The van der Waals surface area contributed by atoms with Crippen LogP contribution in [-0.4, -0.2) is 22.5 Å². The van der Waals surface area contributed by atoms with E-state index in [1.54, 1.807) is 0 Å². The molecule has 0 saturated heterocycles. The topological polar surface area (TPSA) is 6.48 Å². The van der Waals surface area contributed by atoms with Gasteiger partial charge in [0.15, 0.2) is 0 Å². The second-order valence-corrected chi connectivity index (χ2v) is 14.5. The van der Waals surface area contributed by atoms with Crippen molar-refractivity contribution in [2.45, 2.75) is 219 Å². The fourth-order valence-corrected chi connectivity index (χ4v) is 7.26. The van der Waals surface area contributed by atoms with E-state index in [0.29, 0.717) is 6.17 Å². The van der Waals surface area contributed by atoms with Gasteiger partial charge in [-0.3, -0.25) is 0 Å². The number of benzene rings is 1. The minimum atomic E-state index is 0.550. The molecule has 0 amide bonds. The minimum absolute atomic E-state index is 0.550. The predicted molar refractivity (Wildman–Crippen MR) is 201 cm³/mol. The molecule has 0 spiro atoms. The SMILES string of the molecule is CCCCCCCCCCCCCCCCCC1N(CCCCCCCCCCCCCCCC)C=CN1Cc1ccccc1. The lowest BCUT2D eigenvalue weighted by Crippen LogP contribution is -2.38. The highest BCUT2D eigenvalue weighted by atomic mass is 15.4. The molecular formula is C43H78N2. The Morgan fingerprint density at radius 1 is 0.400 bits per heavy atom. The van der Waals surface area contributed by atoms with Gasteiger partial charge in [0.1, 0.15) is 6.17 Å². The van der Waals surface area contributed by atoms with Gasteiger partial charge in [-0.05, 0) is 24.8 Å². The Morgan fingerprint density at radius 2 is 0.756 bits per heavy atom. The largest absolute Gasteiger partial charge is 0.356 e. The quantitative estimate of drug-likeness (QED) is 0.0720. The molecule has 0 bridgehead atoms. The number of unbranched alkanes of at least 4 members (excludes halogenated alkanes) is 27. The Hall–Kier alpha value is -1.44. The van der Waals surface area contributed by atoms with Gasteiger partial charge in [0.2, 0.25) is 0 Å². The van der Waals surface area contributed by atoms with Crippen LogP contribution in [0, 0.1) is 0 Å². The van der Waals surface area contributed by atoms with E-state index >= 15 is 0 Å². The molecule has 1 aliphatic rings. The zero-order valence-electron chi connectivity index (χ0n) is 30.6. The van der Waals surface area contributed by atoms with Crippen LogP contribution in [0.5, 0.6) is 0 Å². The molecule has 0 N–H and O–H groups in total. The molecule has 0 radical (unpaired) electrons. The fourth-order valence-electron chi connectivity index (χ4n) is 7.26. The van der Waals surface area contributed by atoms with E-state index in [1.807, 2.05) is 0 Å². The van der Waals surface area contributed by atoms with Gasteiger partial charge in [0.25, 0.3) is 0 Å². The molecule has 1 heterocycles. The highest BCUT2D eigenvalue weighted by molar-refractivity contribution is 5.16. The van der Waals surface area contributed by atoms with Gasteiger partial charge in [-0.25, -0.2) is 0 Å². The summed E-state index contributed by atoms with van der Waals surface area (Å²) in [6, 6.07) is 11.1. The summed E-state index contributed by atoms with van der Waals surface area (Å²) in [4.78, 5) is 5.29. The molecule has 2 nitrogen and oxygen atoms in total. The molecular weight excluding hydrogens is 544 g/mol. The van der Waals surface area contributed by atoms with E-state index in [9.17, 15) is 0 Å². The van der Waals surface area contributed by atoms with Crippen molar-refractivity contribution in [1.82, 2.24) is 9.80 Å². The Morgan fingerprint density at radius 3 is 1.18 bits per heavy atom. The summed E-state index contributed by atoms with van der Waals surface area (Å²) in [6.45, 7) is 6.88. The molecule has 0 aliphatic carbocycles. The van der Waals surface area contributed by atoms with E-state index in [0.717, 1.165) is 6.54 Å². The molecule has 0 aromatic heterocycles. The lowest BCUT2D eigenvalue weighted by Gasteiger charge is -2.33. The lowest BCUT2D eigenvalue weighted by molar-refractivity contribution is 0.132. The van der Waals surface area contributed by atoms with Crippen molar-refractivity contribution in [3.63, 3.8) is 0 Å². The maximum Gasteiger partial charge on any atom is 0.101 e. The summed E-state index contributed by atoms with van der Waals surface area (Å²) in [7, 11) is 0. The van der Waals surface area contributed by atoms with Crippen LogP contribution < -0.4 is 0 Å². The second-order valence-electron chi connectivity index (χ2n) is 14.5. The standard InChI is InChI=1S/C43H78N2/c1-3-5-7-9-11-13-15-17-19-20-22-24-26-28-33-37-43-44(39-40-45(43)41-42-35-31-30-32-36-42)38-34-29-27-25-23-21-18-16-14-12-10-8-6-4-2/h30-32,35-36,39-40,43H,3-29,33-34,37-38,41H2,1-2H3. The molecule has 1 aromatic carbocycles. The van der Waals surface area contributed by atoms with Gasteiger partial charge < -0.3 is 9.80 Å². The van der Waals surface area contributed by atoms with Gasteiger partial charge in [0.05, 0.1) is 0 Å². The van der Waals surface area contributed by atoms with Crippen LogP contribution in [0.4, 0.5) is 0 Å². The molecule has 1 unspecified atom stereocenters. The summed E-state index contributed by atoms with van der Waals surface area (Å²) >= 11 is 0. The van der Waals surface area contributed by atoms with Crippen molar-refractivity contribution >= 4 is 0 Å². The molecule has 1 atom stereocenters. The zero-order valence-corrected chi connectivity index (χ0v) is 30.6. The van der Waals surface area contributed by atoms with Gasteiger partial charge in [-0.1, -0.05) is 218 Å². The van der Waals surface area contributed by atoms with Crippen molar-refractivity contribution in [2.24, 2.45) is 0 Å². The third-order valence-corrected chi connectivity index (χ3v) is 10.3. The first-order valence-corrected chi connectivity index (χ1v) is 20.6. The molecule has 1 aromatic rings. The summed E-state index contributed by atoms with van der Waals surface area (Å²) in [5.74, 6) is 0. The lowest BCUT2D eigenvalue weighted by atomic mass is 10.0. The van der Waals surface area contributed by atoms with Gasteiger partial charge >= 0.3 is 0 Å². The predicted octanol–water partition coefficient (Wildman–Crippen LogP) is 14.3. The Balaban J connectivity index is 1.52. The molecule has 0 fully saturated rings. The van der Waals surface area contributed by atoms with E-state index < -0.39 is 0 Å². The maximum absolute atomic E-state index is 2.67. The zero-order chi connectivity index (χ0) is 31.9. The number of hydrogen-bond donors (Lipinski definition) is 0. The first-order chi connectivity index (χ1) is 22.3. The average Bonchev–Trinajstić information content (AvgIpc) is 3.44. The van der Waals surface area contributed by atoms with E-state index in [1.165, 1.54) is 205 Å². The smallest absolute Gasteiger partial charge is 0.101 e. The summed E-state index contributed by atoms with van der Waals surface area (Å²) < 4.78 is 0. The fraction of sp³-hybridized carbons (Fsp3) is 0.814. The van der Waals surface area contributed by atoms with E-state index in [2.05, 4.69) is 66.4 Å². The number of nitrogens with zero attached hydrogens (tertiary/aromatic N) is 2. The third-order valence-electron chi connectivity index (χ3n) is 10.3. The Bertz CT molecular complexity index is 758. The first-order valence-electron chi connectivity index (χ1n) is 20.6. The maximum atomic E-state index is 2.67. The summed E-state index contributed by atoms with van der Waals surface area (Å²) in [6.07, 6.45) is 48.3. The molecule has 2 rings (SSSR count). The van der Waals surface area contributed by atoms with Crippen LogP contribution in [0.3, 0.4) is 0 Å². The highest BCUT2D eigenvalue weighted by Crippen LogP contribution is 2.25. The van der Waals surface area contributed by atoms with Crippen molar-refractivity contribution in [3.8, 4) is 0 Å². The summed E-state index contributed by atoms with van der Waals surface area (Å²) in [5.41, 5.74) is 1.43. The van der Waals surface area contributed by atoms with Crippen LogP contribution in [0.2, 0.25) is 0 Å².